The first kappa shape index (κ1) is 14.4. The fraction of sp³-hybridized carbons (Fsp3) is 0.357. The highest BCUT2D eigenvalue weighted by Gasteiger charge is 2.21. The number of amides is 1. The monoisotopic (exact) mass is 297 g/mol. The van der Waals surface area contributed by atoms with Gasteiger partial charge in [-0.2, -0.15) is 11.8 Å². The van der Waals surface area contributed by atoms with Gasteiger partial charge in [0.05, 0.1) is 6.61 Å². The number of benzene rings is 1. The number of hydrogen-bond donors (Lipinski definition) is 0. The van der Waals surface area contributed by atoms with Crippen molar-refractivity contribution >= 4 is 35.3 Å². The zero-order chi connectivity index (χ0) is 13.7. The Morgan fingerprint density at radius 2 is 2.21 bits per heavy atom. The highest BCUT2D eigenvalue weighted by Crippen LogP contribution is 2.15. The van der Waals surface area contributed by atoms with Gasteiger partial charge < -0.3 is 9.64 Å². The summed E-state index contributed by atoms with van der Waals surface area (Å²) in [4.78, 5) is 13.7. The molecule has 3 nitrogen and oxygen atoms in total. The number of rotatable bonds is 3. The molecule has 1 aliphatic heterocycles. The van der Waals surface area contributed by atoms with Crippen LogP contribution in [0.15, 0.2) is 30.3 Å². The maximum Gasteiger partial charge on any atom is 0.248 e. The summed E-state index contributed by atoms with van der Waals surface area (Å²) in [6.07, 6.45) is 5.40. The van der Waals surface area contributed by atoms with Gasteiger partial charge in [0, 0.05) is 22.9 Å². The number of carbonyl (C=O) groups is 1. The van der Waals surface area contributed by atoms with Crippen molar-refractivity contribution in [1.29, 1.82) is 0 Å². The molecule has 1 fully saturated rings. The number of thioether (sulfide) groups is 1. The number of carbonyl (C=O) groups excluding carboxylic acids is 1. The molecule has 0 aromatic heterocycles. The van der Waals surface area contributed by atoms with Crippen molar-refractivity contribution in [1.82, 2.24) is 4.90 Å². The van der Waals surface area contributed by atoms with E-state index in [9.17, 15) is 4.79 Å². The molecule has 19 heavy (non-hydrogen) atoms. The molecule has 102 valence electrons. The third kappa shape index (κ3) is 4.27. The van der Waals surface area contributed by atoms with Crippen molar-refractivity contribution in [3.63, 3.8) is 0 Å². The summed E-state index contributed by atoms with van der Waals surface area (Å²) in [6.45, 7) is 1.83. The number of ether oxygens (including phenoxy) is 1. The van der Waals surface area contributed by atoms with E-state index in [1.54, 1.807) is 40.9 Å². The molecule has 1 aromatic carbocycles. The van der Waals surface area contributed by atoms with Crippen molar-refractivity contribution in [3.8, 4) is 0 Å². The molecule has 0 radical (unpaired) electrons. The van der Waals surface area contributed by atoms with E-state index in [1.165, 1.54) is 0 Å². The van der Waals surface area contributed by atoms with Gasteiger partial charge in [0.15, 0.2) is 0 Å². The van der Waals surface area contributed by atoms with E-state index in [0.717, 1.165) is 12.1 Å². The van der Waals surface area contributed by atoms with Crippen LogP contribution >= 0.6 is 23.4 Å². The first-order valence-corrected chi connectivity index (χ1v) is 7.68. The Kier molecular flexibility index (Phi) is 5.31. The SMILES string of the molecule is CSC1COCN(C(=O)C=Cc2ccc(Cl)cc2)C1. The highest BCUT2D eigenvalue weighted by molar-refractivity contribution is 7.99. The van der Waals surface area contributed by atoms with Crippen LogP contribution in [0.5, 0.6) is 0 Å². The zero-order valence-electron chi connectivity index (χ0n) is 10.7. The van der Waals surface area contributed by atoms with E-state index in [2.05, 4.69) is 0 Å². The smallest absolute Gasteiger partial charge is 0.248 e. The zero-order valence-corrected chi connectivity index (χ0v) is 12.3. The van der Waals surface area contributed by atoms with Gasteiger partial charge in [-0.05, 0) is 30.0 Å². The molecule has 1 saturated heterocycles. The van der Waals surface area contributed by atoms with Crippen LogP contribution in [0.4, 0.5) is 0 Å². The molecule has 5 heteroatoms. The summed E-state index contributed by atoms with van der Waals surface area (Å²) in [5.41, 5.74) is 0.956. The van der Waals surface area contributed by atoms with E-state index in [4.69, 9.17) is 16.3 Å². The maximum atomic E-state index is 12.0. The second kappa shape index (κ2) is 6.98. The van der Waals surface area contributed by atoms with Crippen molar-refractivity contribution in [2.45, 2.75) is 5.25 Å². The number of halogens is 1. The van der Waals surface area contributed by atoms with Gasteiger partial charge in [-0.25, -0.2) is 0 Å². The quantitative estimate of drug-likeness (QED) is 0.804. The molecule has 0 bridgehead atoms. The van der Waals surface area contributed by atoms with Gasteiger partial charge in [-0.3, -0.25) is 4.79 Å². The Morgan fingerprint density at radius 3 is 2.89 bits per heavy atom. The van der Waals surface area contributed by atoms with Crippen LogP contribution < -0.4 is 0 Å². The van der Waals surface area contributed by atoms with E-state index in [1.807, 2.05) is 18.4 Å². The van der Waals surface area contributed by atoms with Crippen LogP contribution in [0.1, 0.15) is 5.56 Å². The van der Waals surface area contributed by atoms with Crippen LogP contribution in [-0.4, -0.2) is 42.2 Å². The molecule has 1 atom stereocenters. The molecule has 2 rings (SSSR count). The Labute approximate surface area is 122 Å². The fourth-order valence-electron chi connectivity index (χ4n) is 1.79. The number of nitrogens with zero attached hydrogens (tertiary/aromatic N) is 1. The standard InChI is InChI=1S/C14H16ClNO2S/c1-19-13-8-16(10-18-9-13)14(17)7-4-11-2-5-12(15)6-3-11/h2-7,13H,8-10H2,1H3. The van der Waals surface area contributed by atoms with Crippen LogP contribution in [-0.2, 0) is 9.53 Å². The van der Waals surface area contributed by atoms with Gasteiger partial charge in [-0.15, -0.1) is 0 Å². The molecule has 1 heterocycles. The van der Waals surface area contributed by atoms with Crippen molar-refractivity contribution in [2.24, 2.45) is 0 Å². The van der Waals surface area contributed by atoms with Gasteiger partial charge in [0.2, 0.25) is 5.91 Å². The third-order valence-electron chi connectivity index (χ3n) is 2.91. The minimum atomic E-state index is -0.0197. The lowest BCUT2D eigenvalue weighted by molar-refractivity contribution is -0.134. The average Bonchev–Trinajstić information content (AvgIpc) is 2.46. The van der Waals surface area contributed by atoms with E-state index in [0.29, 0.717) is 23.6 Å². The summed E-state index contributed by atoms with van der Waals surface area (Å²) in [6, 6.07) is 7.37. The van der Waals surface area contributed by atoms with E-state index < -0.39 is 0 Å². The first-order chi connectivity index (χ1) is 9.19. The minimum absolute atomic E-state index is 0.0197. The maximum absolute atomic E-state index is 12.0. The normalized spacial score (nSPS) is 19.9. The topological polar surface area (TPSA) is 29.5 Å². The predicted molar refractivity (Wildman–Crippen MR) is 80.3 cm³/mol. The van der Waals surface area contributed by atoms with E-state index in [-0.39, 0.29) is 5.91 Å². The van der Waals surface area contributed by atoms with E-state index >= 15 is 0 Å². The van der Waals surface area contributed by atoms with Crippen molar-refractivity contribution < 1.29 is 9.53 Å². The largest absolute Gasteiger partial charge is 0.360 e. The Hall–Kier alpha value is -0.970. The molecule has 0 aliphatic carbocycles. The lowest BCUT2D eigenvalue weighted by Gasteiger charge is -2.31. The fourth-order valence-corrected chi connectivity index (χ4v) is 2.48. The van der Waals surface area contributed by atoms with Crippen molar-refractivity contribution in [2.75, 3.05) is 26.1 Å². The van der Waals surface area contributed by atoms with Crippen LogP contribution in [0.3, 0.4) is 0 Å². The van der Waals surface area contributed by atoms with Crippen LogP contribution in [0.2, 0.25) is 5.02 Å². The lowest BCUT2D eigenvalue weighted by atomic mass is 10.2. The molecule has 1 aromatic rings. The Morgan fingerprint density at radius 1 is 1.47 bits per heavy atom. The summed E-state index contributed by atoms with van der Waals surface area (Å²) in [5.74, 6) is -0.0197. The summed E-state index contributed by atoms with van der Waals surface area (Å²) in [7, 11) is 0. The lowest BCUT2D eigenvalue weighted by Crippen LogP contribution is -2.43. The van der Waals surface area contributed by atoms with Crippen LogP contribution in [0, 0.1) is 0 Å². The van der Waals surface area contributed by atoms with Gasteiger partial charge >= 0.3 is 0 Å². The second-order valence-corrected chi connectivity index (χ2v) is 5.88. The molecule has 0 saturated carbocycles. The molecule has 1 aliphatic rings. The molecular weight excluding hydrogens is 282 g/mol. The van der Waals surface area contributed by atoms with Crippen molar-refractivity contribution in [3.05, 3.63) is 40.9 Å². The summed E-state index contributed by atoms with van der Waals surface area (Å²) >= 11 is 7.54. The molecule has 1 unspecified atom stereocenters. The predicted octanol–water partition coefficient (Wildman–Crippen LogP) is 2.90. The van der Waals surface area contributed by atoms with Crippen LogP contribution in [0.25, 0.3) is 6.08 Å². The molecule has 0 N–H and O–H groups in total. The minimum Gasteiger partial charge on any atom is -0.360 e. The van der Waals surface area contributed by atoms with Gasteiger partial charge in [0.1, 0.15) is 6.73 Å². The Bertz CT molecular complexity index is 461. The first-order valence-electron chi connectivity index (χ1n) is 6.02. The molecule has 1 amide bonds. The van der Waals surface area contributed by atoms with Gasteiger partial charge in [0.25, 0.3) is 0 Å². The molecular formula is C14H16ClNO2S. The highest BCUT2D eigenvalue weighted by atomic mass is 35.5. The molecule has 0 spiro atoms. The average molecular weight is 298 g/mol. The second-order valence-electron chi connectivity index (χ2n) is 4.30. The Balaban J connectivity index is 1.94. The summed E-state index contributed by atoms with van der Waals surface area (Å²) < 4.78 is 5.41. The van der Waals surface area contributed by atoms with Gasteiger partial charge in [-0.1, -0.05) is 23.7 Å². The summed E-state index contributed by atoms with van der Waals surface area (Å²) in [5, 5.41) is 1.05. The number of hydrogen-bond acceptors (Lipinski definition) is 3. The third-order valence-corrected chi connectivity index (χ3v) is 4.11.